The number of hydrogen-bond acceptors (Lipinski definition) is 6. The highest BCUT2D eigenvalue weighted by Crippen LogP contribution is 2.25. The number of hydrogen-bond donors (Lipinski definition) is 1. The van der Waals surface area contributed by atoms with Crippen molar-refractivity contribution in [3.63, 3.8) is 0 Å². The van der Waals surface area contributed by atoms with Gasteiger partial charge in [0.2, 0.25) is 0 Å². The molecule has 0 atom stereocenters. The lowest BCUT2D eigenvalue weighted by Gasteiger charge is -2.07. The van der Waals surface area contributed by atoms with Crippen LogP contribution in [0.5, 0.6) is 0 Å². The molecule has 0 saturated heterocycles. The second kappa shape index (κ2) is 7.04. The Morgan fingerprint density at radius 3 is 2.84 bits per heavy atom. The van der Waals surface area contributed by atoms with Crippen molar-refractivity contribution in [1.29, 1.82) is 0 Å². The fraction of sp³-hybridized carbons (Fsp3) is 0.125. The van der Waals surface area contributed by atoms with Crippen LogP contribution in [-0.2, 0) is 11.8 Å². The minimum atomic E-state index is -0.575. The second-order valence-electron chi connectivity index (χ2n) is 5.08. The number of nitrogens with zero attached hydrogens (tertiary/aromatic N) is 3. The van der Waals surface area contributed by atoms with Crippen LogP contribution in [0, 0.1) is 0 Å². The van der Waals surface area contributed by atoms with Gasteiger partial charge in [0.25, 0.3) is 5.91 Å². The number of esters is 1. The van der Waals surface area contributed by atoms with Crippen LogP contribution in [0.15, 0.2) is 36.0 Å². The van der Waals surface area contributed by atoms with Gasteiger partial charge in [-0.1, -0.05) is 11.6 Å². The number of thiazole rings is 1. The molecule has 0 saturated carbocycles. The molecule has 0 radical (unpaired) electrons. The maximum atomic E-state index is 12.4. The van der Waals surface area contributed by atoms with Gasteiger partial charge in [-0.15, -0.1) is 11.3 Å². The average molecular weight is 377 g/mol. The predicted molar refractivity (Wildman–Crippen MR) is 95.1 cm³/mol. The number of amides is 1. The zero-order valence-corrected chi connectivity index (χ0v) is 14.9. The summed E-state index contributed by atoms with van der Waals surface area (Å²) in [5.74, 6) is -0.960. The van der Waals surface area contributed by atoms with Crippen LogP contribution in [0.2, 0.25) is 5.02 Å². The third-order valence-corrected chi connectivity index (χ3v) is 4.54. The second-order valence-corrected chi connectivity index (χ2v) is 6.35. The van der Waals surface area contributed by atoms with Crippen molar-refractivity contribution in [2.24, 2.45) is 7.05 Å². The van der Waals surface area contributed by atoms with Gasteiger partial charge in [-0.05, 0) is 18.2 Å². The van der Waals surface area contributed by atoms with Crippen LogP contribution >= 0.6 is 22.9 Å². The molecule has 0 aliphatic rings. The van der Waals surface area contributed by atoms with E-state index in [0.717, 1.165) is 5.56 Å². The Bertz CT molecular complexity index is 951. The first-order chi connectivity index (χ1) is 12.0. The van der Waals surface area contributed by atoms with Crippen molar-refractivity contribution in [3.8, 4) is 10.6 Å². The number of rotatable bonds is 4. The molecular formula is C16H13ClN4O3S. The molecule has 0 bridgehead atoms. The topological polar surface area (TPSA) is 86.1 Å². The summed E-state index contributed by atoms with van der Waals surface area (Å²) < 4.78 is 6.33. The number of anilines is 1. The van der Waals surface area contributed by atoms with E-state index in [4.69, 9.17) is 11.6 Å². The monoisotopic (exact) mass is 376 g/mol. The largest absolute Gasteiger partial charge is 0.465 e. The molecule has 0 aliphatic carbocycles. The number of carbonyl (C=O) groups is 2. The van der Waals surface area contributed by atoms with Gasteiger partial charge >= 0.3 is 5.97 Å². The van der Waals surface area contributed by atoms with Crippen molar-refractivity contribution in [1.82, 2.24) is 14.8 Å². The highest BCUT2D eigenvalue weighted by atomic mass is 35.5. The first-order valence-corrected chi connectivity index (χ1v) is 8.37. The highest BCUT2D eigenvalue weighted by molar-refractivity contribution is 7.13. The summed E-state index contributed by atoms with van der Waals surface area (Å²) in [7, 11) is 3.07. The molecule has 128 valence electrons. The lowest BCUT2D eigenvalue weighted by molar-refractivity contribution is 0.0600. The number of aromatic nitrogens is 3. The predicted octanol–water partition coefficient (Wildman–Crippen LogP) is 3.24. The van der Waals surface area contributed by atoms with Crippen molar-refractivity contribution >= 4 is 40.5 Å². The Morgan fingerprint density at radius 1 is 1.36 bits per heavy atom. The van der Waals surface area contributed by atoms with Gasteiger partial charge in [-0.25, -0.2) is 9.78 Å². The molecule has 0 fully saturated rings. The van der Waals surface area contributed by atoms with Crippen molar-refractivity contribution < 1.29 is 14.3 Å². The summed E-state index contributed by atoms with van der Waals surface area (Å²) in [6.45, 7) is 0. The summed E-state index contributed by atoms with van der Waals surface area (Å²) >= 11 is 7.31. The van der Waals surface area contributed by atoms with Gasteiger partial charge in [0.15, 0.2) is 0 Å². The molecule has 25 heavy (non-hydrogen) atoms. The van der Waals surface area contributed by atoms with E-state index in [1.54, 1.807) is 22.3 Å². The van der Waals surface area contributed by atoms with Gasteiger partial charge in [-0.3, -0.25) is 9.48 Å². The Kier molecular flexibility index (Phi) is 4.82. The van der Waals surface area contributed by atoms with Crippen LogP contribution in [0.3, 0.4) is 0 Å². The van der Waals surface area contributed by atoms with Crippen LogP contribution in [0.25, 0.3) is 10.6 Å². The number of halogens is 1. The molecule has 1 N–H and O–H groups in total. The minimum Gasteiger partial charge on any atom is -0.465 e. The Balaban J connectivity index is 1.79. The average Bonchev–Trinajstić information content (AvgIpc) is 3.24. The smallest absolute Gasteiger partial charge is 0.339 e. The van der Waals surface area contributed by atoms with E-state index in [2.05, 4.69) is 20.1 Å². The molecule has 0 unspecified atom stereocenters. The molecule has 3 rings (SSSR count). The number of ether oxygens (including phenoxy) is 1. The van der Waals surface area contributed by atoms with Gasteiger partial charge in [0, 0.05) is 29.9 Å². The SMILES string of the molecule is COC(=O)c1cc(NC(=O)c2csc(-c3cnn(C)c3)n2)ccc1Cl. The molecule has 1 aromatic carbocycles. The van der Waals surface area contributed by atoms with Gasteiger partial charge in [-0.2, -0.15) is 5.10 Å². The van der Waals surface area contributed by atoms with Crippen LogP contribution in [0.1, 0.15) is 20.8 Å². The molecule has 2 heterocycles. The Hall–Kier alpha value is -2.71. The number of carbonyl (C=O) groups excluding carboxylic acids is 2. The van der Waals surface area contributed by atoms with E-state index >= 15 is 0 Å². The van der Waals surface area contributed by atoms with E-state index in [1.807, 2.05) is 13.2 Å². The molecule has 0 aliphatic heterocycles. The maximum absolute atomic E-state index is 12.4. The zero-order chi connectivity index (χ0) is 18.0. The first kappa shape index (κ1) is 17.1. The van der Waals surface area contributed by atoms with Crippen LogP contribution in [0.4, 0.5) is 5.69 Å². The summed E-state index contributed by atoms with van der Waals surface area (Å²) in [5.41, 5.74) is 1.71. The van der Waals surface area contributed by atoms with Crippen LogP contribution < -0.4 is 5.32 Å². The van der Waals surface area contributed by atoms with E-state index in [0.29, 0.717) is 10.7 Å². The molecule has 1 amide bonds. The number of nitrogens with one attached hydrogen (secondary N) is 1. The molecule has 7 nitrogen and oxygen atoms in total. The van der Waals surface area contributed by atoms with Crippen molar-refractivity contribution in [2.75, 3.05) is 12.4 Å². The summed E-state index contributed by atoms with van der Waals surface area (Å²) in [5, 5.41) is 9.38. The third-order valence-electron chi connectivity index (χ3n) is 3.32. The van der Waals surface area contributed by atoms with E-state index in [-0.39, 0.29) is 22.2 Å². The van der Waals surface area contributed by atoms with Crippen LogP contribution in [-0.4, -0.2) is 33.8 Å². The van der Waals surface area contributed by atoms with E-state index < -0.39 is 5.97 Å². The number of aryl methyl sites for hydroxylation is 1. The Morgan fingerprint density at radius 2 is 2.16 bits per heavy atom. The molecular weight excluding hydrogens is 364 g/mol. The lowest BCUT2D eigenvalue weighted by atomic mass is 10.2. The summed E-state index contributed by atoms with van der Waals surface area (Å²) in [6.07, 6.45) is 3.50. The molecule has 2 aromatic heterocycles. The number of benzene rings is 1. The Labute approximate surface area is 152 Å². The standard InChI is InChI=1S/C16H13ClN4O3S/c1-21-7-9(6-18-21)15-20-13(8-25-15)14(22)19-10-3-4-12(17)11(5-10)16(23)24-2/h3-8H,1-2H3,(H,19,22). The molecule has 3 aromatic rings. The normalized spacial score (nSPS) is 10.5. The van der Waals surface area contributed by atoms with Gasteiger partial charge in [0.05, 0.1) is 23.9 Å². The van der Waals surface area contributed by atoms with Crippen molar-refractivity contribution in [2.45, 2.75) is 0 Å². The van der Waals surface area contributed by atoms with Gasteiger partial charge in [0.1, 0.15) is 10.7 Å². The lowest BCUT2D eigenvalue weighted by Crippen LogP contribution is -2.13. The van der Waals surface area contributed by atoms with Crippen molar-refractivity contribution in [3.05, 3.63) is 52.3 Å². The van der Waals surface area contributed by atoms with Gasteiger partial charge < -0.3 is 10.1 Å². The minimum absolute atomic E-state index is 0.177. The zero-order valence-electron chi connectivity index (χ0n) is 13.3. The van der Waals surface area contributed by atoms with E-state index in [1.165, 1.54) is 30.6 Å². The quantitative estimate of drug-likeness (QED) is 0.706. The molecule has 9 heteroatoms. The third kappa shape index (κ3) is 3.70. The maximum Gasteiger partial charge on any atom is 0.339 e. The molecule has 0 spiro atoms. The number of methoxy groups -OCH3 is 1. The fourth-order valence-electron chi connectivity index (χ4n) is 2.11. The fourth-order valence-corrected chi connectivity index (χ4v) is 3.08. The summed E-state index contributed by atoms with van der Waals surface area (Å²) in [6, 6.07) is 4.58. The summed E-state index contributed by atoms with van der Waals surface area (Å²) in [4.78, 5) is 28.3. The highest BCUT2D eigenvalue weighted by Gasteiger charge is 2.15. The first-order valence-electron chi connectivity index (χ1n) is 7.11. The van der Waals surface area contributed by atoms with E-state index in [9.17, 15) is 9.59 Å².